The van der Waals surface area contributed by atoms with E-state index in [1.54, 1.807) is 43.5 Å². The number of amides is 3. The Bertz CT molecular complexity index is 958. The molecule has 0 radical (unpaired) electrons. The summed E-state index contributed by atoms with van der Waals surface area (Å²) in [6.45, 7) is 7.83. The van der Waals surface area contributed by atoms with Crippen molar-refractivity contribution in [2.24, 2.45) is 0 Å². The quantitative estimate of drug-likeness (QED) is 0.578. The van der Waals surface area contributed by atoms with Gasteiger partial charge in [0.25, 0.3) is 5.91 Å². The zero-order chi connectivity index (χ0) is 22.1. The van der Waals surface area contributed by atoms with Crippen LogP contribution < -0.4 is 10.1 Å². The van der Waals surface area contributed by atoms with E-state index in [9.17, 15) is 14.4 Å². The maximum Gasteiger partial charge on any atom is 0.325 e. The molecule has 0 spiro atoms. The van der Waals surface area contributed by atoms with E-state index in [2.05, 4.69) is 26.1 Å². The number of carbonyl (C=O) groups excluding carboxylic acids is 3. The first-order valence-electron chi connectivity index (χ1n) is 10.0. The molecule has 1 aliphatic rings. The molecule has 1 aliphatic heterocycles. The summed E-state index contributed by atoms with van der Waals surface area (Å²) >= 11 is 0. The lowest BCUT2D eigenvalue weighted by molar-refractivity contribution is -0.131. The van der Waals surface area contributed by atoms with Crippen LogP contribution >= 0.6 is 0 Å². The van der Waals surface area contributed by atoms with Crippen LogP contribution in [0.1, 0.15) is 55.6 Å². The summed E-state index contributed by atoms with van der Waals surface area (Å²) in [5, 5.41) is 2.80. The van der Waals surface area contributed by atoms with E-state index in [1.807, 2.05) is 19.1 Å². The molecule has 0 saturated carbocycles. The van der Waals surface area contributed by atoms with Gasteiger partial charge in [-0.1, -0.05) is 64.1 Å². The summed E-state index contributed by atoms with van der Waals surface area (Å²) in [6.07, 6.45) is 0.370. The summed E-state index contributed by atoms with van der Waals surface area (Å²) in [5.41, 5.74) is 1.04. The number of ether oxygens (including phenoxy) is 1. The van der Waals surface area contributed by atoms with Crippen molar-refractivity contribution in [1.29, 1.82) is 0 Å². The van der Waals surface area contributed by atoms with Crippen molar-refractivity contribution in [3.8, 4) is 5.75 Å². The Morgan fingerprint density at radius 2 is 1.63 bits per heavy atom. The van der Waals surface area contributed by atoms with Crippen LogP contribution in [0.4, 0.5) is 4.79 Å². The largest absolute Gasteiger partial charge is 0.497 e. The molecular weight excluding hydrogens is 380 g/mol. The number of hydrogen-bond donors (Lipinski definition) is 1. The van der Waals surface area contributed by atoms with Crippen LogP contribution in [0, 0.1) is 0 Å². The summed E-state index contributed by atoms with van der Waals surface area (Å²) < 4.78 is 5.17. The Balaban J connectivity index is 1.82. The van der Waals surface area contributed by atoms with Crippen LogP contribution in [-0.2, 0) is 15.7 Å². The minimum atomic E-state index is -1.18. The highest BCUT2D eigenvalue weighted by atomic mass is 16.5. The standard InChI is InChI=1S/C24H28N2O4/c1-6-24(18-11-13-19(30-5)14-12-18)21(28)26(22(29)25-24)15-20(27)16-7-9-17(10-8-16)23(2,3)4/h7-14H,6,15H2,1-5H3,(H,25,29)/t24-/m1/s1. The maximum atomic E-state index is 13.2. The number of hydrogen-bond acceptors (Lipinski definition) is 4. The third-order valence-corrected chi connectivity index (χ3v) is 5.66. The molecule has 6 nitrogen and oxygen atoms in total. The Hall–Kier alpha value is -3.15. The lowest BCUT2D eigenvalue weighted by atomic mass is 9.86. The fourth-order valence-corrected chi connectivity index (χ4v) is 3.68. The number of ketones is 1. The normalized spacial score (nSPS) is 19.0. The molecule has 3 amide bonds. The second-order valence-electron chi connectivity index (χ2n) is 8.56. The van der Waals surface area contributed by atoms with Crippen molar-refractivity contribution in [3.05, 3.63) is 65.2 Å². The van der Waals surface area contributed by atoms with Crippen LogP contribution in [0.25, 0.3) is 0 Å². The molecule has 1 N–H and O–H groups in total. The first kappa shape index (κ1) is 21.6. The van der Waals surface area contributed by atoms with E-state index >= 15 is 0 Å². The minimum absolute atomic E-state index is 0.0223. The molecule has 0 bridgehead atoms. The Labute approximate surface area is 177 Å². The number of Topliss-reactive ketones (excluding diaryl/α,β-unsaturated/α-hetero) is 1. The van der Waals surface area contributed by atoms with Gasteiger partial charge in [0.15, 0.2) is 5.78 Å². The summed E-state index contributed by atoms with van der Waals surface area (Å²) in [4.78, 5) is 39.6. The van der Waals surface area contributed by atoms with Gasteiger partial charge in [0, 0.05) is 5.56 Å². The van der Waals surface area contributed by atoms with Gasteiger partial charge >= 0.3 is 6.03 Å². The molecule has 30 heavy (non-hydrogen) atoms. The summed E-state index contributed by atoms with van der Waals surface area (Å²) in [5.74, 6) is -0.0343. The molecular formula is C24H28N2O4. The maximum absolute atomic E-state index is 13.2. The molecule has 1 atom stereocenters. The first-order chi connectivity index (χ1) is 14.1. The Kier molecular flexibility index (Phi) is 5.70. The second kappa shape index (κ2) is 7.94. The first-order valence-corrected chi connectivity index (χ1v) is 10.0. The molecule has 2 aromatic rings. The predicted octanol–water partition coefficient (Wildman–Crippen LogP) is 4.03. The molecule has 0 aromatic heterocycles. The SMILES string of the molecule is CC[C@]1(c2ccc(OC)cc2)NC(=O)N(CC(=O)c2ccc(C(C)(C)C)cc2)C1=O. The number of rotatable bonds is 6. The molecule has 3 rings (SSSR count). The monoisotopic (exact) mass is 408 g/mol. The number of methoxy groups -OCH3 is 1. The van der Waals surface area contributed by atoms with Crippen molar-refractivity contribution in [2.45, 2.75) is 45.1 Å². The predicted molar refractivity (Wildman–Crippen MR) is 115 cm³/mol. The van der Waals surface area contributed by atoms with Gasteiger partial charge in [-0.3, -0.25) is 14.5 Å². The zero-order valence-electron chi connectivity index (χ0n) is 18.1. The molecule has 0 aliphatic carbocycles. The van der Waals surface area contributed by atoms with Crippen LogP contribution in [-0.4, -0.2) is 36.3 Å². The van der Waals surface area contributed by atoms with E-state index in [4.69, 9.17) is 4.74 Å². The fraction of sp³-hybridized carbons (Fsp3) is 0.375. The van der Waals surface area contributed by atoms with Gasteiger partial charge in [-0.05, 0) is 35.1 Å². The van der Waals surface area contributed by atoms with Crippen LogP contribution in [0.5, 0.6) is 5.75 Å². The number of nitrogens with zero attached hydrogens (tertiary/aromatic N) is 1. The molecule has 6 heteroatoms. The summed E-state index contributed by atoms with van der Waals surface area (Å²) in [7, 11) is 1.56. The lowest BCUT2D eigenvalue weighted by Gasteiger charge is -2.26. The third-order valence-electron chi connectivity index (χ3n) is 5.66. The van der Waals surface area contributed by atoms with Gasteiger partial charge in [-0.25, -0.2) is 4.79 Å². The number of carbonyl (C=O) groups is 3. The molecule has 1 heterocycles. The van der Waals surface area contributed by atoms with E-state index in [1.165, 1.54) is 0 Å². The Morgan fingerprint density at radius 3 is 2.13 bits per heavy atom. The average Bonchev–Trinajstić information content (AvgIpc) is 2.98. The van der Waals surface area contributed by atoms with E-state index < -0.39 is 17.5 Å². The number of imide groups is 1. The number of urea groups is 1. The van der Waals surface area contributed by atoms with Crippen LogP contribution in [0.15, 0.2) is 48.5 Å². The van der Waals surface area contributed by atoms with Crippen molar-refractivity contribution >= 4 is 17.7 Å². The Morgan fingerprint density at radius 1 is 1.03 bits per heavy atom. The highest BCUT2D eigenvalue weighted by Crippen LogP contribution is 2.33. The highest BCUT2D eigenvalue weighted by Gasteiger charge is 2.51. The number of nitrogens with one attached hydrogen (secondary N) is 1. The van der Waals surface area contributed by atoms with E-state index in [0.29, 0.717) is 23.3 Å². The van der Waals surface area contributed by atoms with E-state index in [-0.39, 0.29) is 17.7 Å². The fourth-order valence-electron chi connectivity index (χ4n) is 3.68. The van der Waals surface area contributed by atoms with E-state index in [0.717, 1.165) is 10.5 Å². The zero-order valence-corrected chi connectivity index (χ0v) is 18.1. The van der Waals surface area contributed by atoms with Gasteiger partial charge in [-0.15, -0.1) is 0 Å². The van der Waals surface area contributed by atoms with Gasteiger partial charge in [-0.2, -0.15) is 0 Å². The van der Waals surface area contributed by atoms with Gasteiger partial charge in [0.1, 0.15) is 11.3 Å². The lowest BCUT2D eigenvalue weighted by Crippen LogP contribution is -2.43. The molecule has 1 fully saturated rings. The van der Waals surface area contributed by atoms with Crippen LogP contribution in [0.2, 0.25) is 0 Å². The second-order valence-corrected chi connectivity index (χ2v) is 8.56. The average molecular weight is 408 g/mol. The van der Waals surface area contributed by atoms with Gasteiger partial charge in [0.2, 0.25) is 0 Å². The minimum Gasteiger partial charge on any atom is -0.497 e. The number of benzene rings is 2. The van der Waals surface area contributed by atoms with Crippen molar-refractivity contribution in [1.82, 2.24) is 10.2 Å². The van der Waals surface area contributed by atoms with Crippen molar-refractivity contribution in [3.63, 3.8) is 0 Å². The third kappa shape index (κ3) is 3.82. The summed E-state index contributed by atoms with van der Waals surface area (Å²) in [6, 6.07) is 13.8. The van der Waals surface area contributed by atoms with Crippen molar-refractivity contribution < 1.29 is 19.1 Å². The smallest absolute Gasteiger partial charge is 0.325 e. The van der Waals surface area contributed by atoms with Crippen LogP contribution in [0.3, 0.4) is 0 Å². The van der Waals surface area contributed by atoms with Gasteiger partial charge in [0.05, 0.1) is 13.7 Å². The highest BCUT2D eigenvalue weighted by molar-refractivity contribution is 6.11. The topological polar surface area (TPSA) is 75.7 Å². The molecule has 158 valence electrons. The molecule has 1 saturated heterocycles. The molecule has 0 unspecified atom stereocenters. The molecule has 2 aromatic carbocycles. The van der Waals surface area contributed by atoms with Crippen molar-refractivity contribution in [2.75, 3.05) is 13.7 Å². The van der Waals surface area contributed by atoms with Gasteiger partial charge < -0.3 is 10.1 Å².